The first-order valence-corrected chi connectivity index (χ1v) is 11.4. The lowest BCUT2D eigenvalue weighted by Gasteiger charge is -2.30. The predicted octanol–water partition coefficient (Wildman–Crippen LogP) is 3.20. The highest BCUT2D eigenvalue weighted by Crippen LogP contribution is 2.27. The zero-order chi connectivity index (χ0) is 21.1. The van der Waals surface area contributed by atoms with E-state index in [2.05, 4.69) is 37.8 Å². The number of sulfone groups is 1. The molecule has 1 aliphatic rings. The van der Waals surface area contributed by atoms with Gasteiger partial charge in [0.1, 0.15) is 11.6 Å². The molecule has 0 spiro atoms. The summed E-state index contributed by atoms with van der Waals surface area (Å²) in [6, 6.07) is 13.7. The number of H-pyrrole nitrogens is 1. The average molecular weight is 427 g/mol. The maximum Gasteiger partial charge on any atom is 0.206 e. The van der Waals surface area contributed by atoms with Gasteiger partial charge in [0.25, 0.3) is 0 Å². The molecule has 3 heterocycles. The van der Waals surface area contributed by atoms with Crippen LogP contribution in [0.15, 0.2) is 58.3 Å². The van der Waals surface area contributed by atoms with E-state index in [4.69, 9.17) is 0 Å². The molecule has 9 heteroatoms. The minimum atomic E-state index is -3.68. The summed E-state index contributed by atoms with van der Waals surface area (Å²) in [4.78, 5) is 7.33. The van der Waals surface area contributed by atoms with E-state index in [1.165, 1.54) is 0 Å². The predicted molar refractivity (Wildman–Crippen MR) is 117 cm³/mol. The largest absolute Gasteiger partial charge is 0.367 e. The number of nitrogens with zero attached hydrogens (tertiary/aromatic N) is 3. The van der Waals surface area contributed by atoms with Gasteiger partial charge >= 0.3 is 0 Å². The highest BCUT2D eigenvalue weighted by Gasteiger charge is 2.22. The fraction of sp³-hybridized carbons (Fsp3) is 0.333. The molecule has 1 aromatic carbocycles. The molecule has 2 aromatic heterocycles. The van der Waals surface area contributed by atoms with Crippen molar-refractivity contribution in [3.05, 3.63) is 54.2 Å². The highest BCUT2D eigenvalue weighted by molar-refractivity contribution is 7.91. The lowest BCUT2D eigenvalue weighted by molar-refractivity contribution is 0.263. The molecule has 1 saturated heterocycles. The summed E-state index contributed by atoms with van der Waals surface area (Å²) >= 11 is 0. The first-order chi connectivity index (χ1) is 14.4. The van der Waals surface area contributed by atoms with Crippen molar-refractivity contribution in [3.63, 3.8) is 0 Å². The number of benzene rings is 1. The third-order valence-corrected chi connectivity index (χ3v) is 6.94. The lowest BCUT2D eigenvalue weighted by Crippen LogP contribution is -2.36. The number of aryl methyl sites for hydroxylation is 1. The van der Waals surface area contributed by atoms with Gasteiger partial charge in [-0.15, -0.1) is 0 Å². The molecule has 30 heavy (non-hydrogen) atoms. The Morgan fingerprint density at radius 3 is 2.37 bits per heavy atom. The summed E-state index contributed by atoms with van der Waals surface area (Å²) in [7, 11) is -1.57. The van der Waals surface area contributed by atoms with Crippen LogP contribution in [0, 0.1) is 6.92 Å². The zero-order valence-electron chi connectivity index (χ0n) is 17.1. The number of pyridine rings is 1. The molecule has 8 nitrogen and oxygen atoms in total. The van der Waals surface area contributed by atoms with Gasteiger partial charge in [-0.25, -0.2) is 13.4 Å². The third-order valence-electron chi connectivity index (χ3n) is 5.20. The summed E-state index contributed by atoms with van der Waals surface area (Å²) in [5.74, 6) is 1.55. The average Bonchev–Trinajstić information content (AvgIpc) is 3.15. The van der Waals surface area contributed by atoms with Gasteiger partial charge in [-0.1, -0.05) is 18.2 Å². The van der Waals surface area contributed by atoms with E-state index in [0.717, 1.165) is 31.6 Å². The van der Waals surface area contributed by atoms with Gasteiger partial charge in [-0.3, -0.25) is 5.10 Å². The van der Waals surface area contributed by atoms with Crippen molar-refractivity contribution >= 4 is 27.3 Å². The highest BCUT2D eigenvalue weighted by atomic mass is 32.2. The van der Waals surface area contributed by atoms with Gasteiger partial charge in [0, 0.05) is 23.9 Å². The number of hydrogen-bond donors (Lipinski definition) is 3. The van der Waals surface area contributed by atoms with E-state index in [9.17, 15) is 8.42 Å². The van der Waals surface area contributed by atoms with Crippen molar-refractivity contribution < 1.29 is 8.42 Å². The van der Waals surface area contributed by atoms with E-state index in [-0.39, 0.29) is 15.8 Å². The van der Waals surface area contributed by atoms with Crippen LogP contribution in [-0.2, 0) is 9.84 Å². The summed E-state index contributed by atoms with van der Waals surface area (Å²) in [6.45, 7) is 3.89. The van der Waals surface area contributed by atoms with Gasteiger partial charge in [-0.05, 0) is 58.1 Å². The molecule has 0 atom stereocenters. The number of aromatic nitrogens is 3. The quantitative estimate of drug-likeness (QED) is 0.556. The van der Waals surface area contributed by atoms with Crippen LogP contribution in [0.4, 0.5) is 17.5 Å². The first-order valence-electron chi connectivity index (χ1n) is 9.96. The Bertz CT molecular complexity index is 1110. The number of aromatic amines is 1. The van der Waals surface area contributed by atoms with E-state index < -0.39 is 9.84 Å². The monoisotopic (exact) mass is 426 g/mol. The fourth-order valence-electron chi connectivity index (χ4n) is 3.51. The fourth-order valence-corrected chi connectivity index (χ4v) is 4.83. The number of anilines is 3. The van der Waals surface area contributed by atoms with Crippen LogP contribution >= 0.6 is 0 Å². The van der Waals surface area contributed by atoms with E-state index in [1.807, 2.05) is 13.0 Å². The Balaban J connectivity index is 1.68. The molecular weight excluding hydrogens is 400 g/mol. The summed E-state index contributed by atoms with van der Waals surface area (Å²) in [5.41, 5.74) is 0.898. The van der Waals surface area contributed by atoms with Crippen LogP contribution in [0.2, 0.25) is 0 Å². The molecule has 0 bridgehead atoms. The number of rotatable bonds is 6. The van der Waals surface area contributed by atoms with Crippen molar-refractivity contribution in [1.82, 2.24) is 20.1 Å². The molecule has 0 amide bonds. The van der Waals surface area contributed by atoms with Crippen LogP contribution in [0.5, 0.6) is 0 Å². The minimum Gasteiger partial charge on any atom is -0.367 e. The summed E-state index contributed by atoms with van der Waals surface area (Å²) in [5, 5.41) is 13.6. The molecule has 1 fully saturated rings. The molecule has 1 aliphatic heterocycles. The maximum absolute atomic E-state index is 13.2. The second-order valence-corrected chi connectivity index (χ2v) is 9.62. The van der Waals surface area contributed by atoms with Gasteiger partial charge in [0.05, 0.1) is 9.79 Å². The molecule has 0 saturated carbocycles. The van der Waals surface area contributed by atoms with Crippen LogP contribution in [0.1, 0.15) is 18.5 Å². The topological polar surface area (TPSA) is 103 Å². The van der Waals surface area contributed by atoms with Gasteiger partial charge < -0.3 is 15.5 Å². The normalized spacial score (nSPS) is 15.8. The second kappa shape index (κ2) is 8.45. The second-order valence-electron chi connectivity index (χ2n) is 7.67. The number of piperidine rings is 1. The molecule has 3 N–H and O–H groups in total. The maximum atomic E-state index is 13.2. The Labute approximate surface area is 176 Å². The number of nitrogens with one attached hydrogen (secondary N) is 3. The van der Waals surface area contributed by atoms with E-state index in [0.29, 0.717) is 17.5 Å². The van der Waals surface area contributed by atoms with Crippen LogP contribution in [0.25, 0.3) is 0 Å². The van der Waals surface area contributed by atoms with Gasteiger partial charge in [0.2, 0.25) is 9.84 Å². The van der Waals surface area contributed by atoms with Crippen LogP contribution in [0.3, 0.4) is 0 Å². The van der Waals surface area contributed by atoms with E-state index in [1.54, 1.807) is 42.5 Å². The van der Waals surface area contributed by atoms with Crippen molar-refractivity contribution in [2.24, 2.45) is 0 Å². The van der Waals surface area contributed by atoms with Crippen LogP contribution in [-0.4, -0.2) is 54.7 Å². The third kappa shape index (κ3) is 4.63. The van der Waals surface area contributed by atoms with Crippen LogP contribution < -0.4 is 10.6 Å². The Kier molecular flexibility index (Phi) is 5.74. The summed E-state index contributed by atoms with van der Waals surface area (Å²) < 4.78 is 26.4. The number of likely N-dealkylation sites (tertiary alicyclic amines) is 1. The minimum absolute atomic E-state index is 0.189. The Morgan fingerprint density at radius 1 is 1.00 bits per heavy atom. The van der Waals surface area contributed by atoms with E-state index >= 15 is 0 Å². The zero-order valence-corrected chi connectivity index (χ0v) is 17.9. The Hall–Kier alpha value is -2.91. The van der Waals surface area contributed by atoms with Crippen molar-refractivity contribution in [2.75, 3.05) is 30.8 Å². The van der Waals surface area contributed by atoms with Crippen molar-refractivity contribution in [1.29, 1.82) is 0 Å². The molecule has 0 radical (unpaired) electrons. The first kappa shape index (κ1) is 20.4. The Morgan fingerprint density at radius 2 is 1.70 bits per heavy atom. The molecular formula is C21H26N6O2S. The lowest BCUT2D eigenvalue weighted by atomic mass is 10.1. The molecule has 3 aromatic rings. The van der Waals surface area contributed by atoms with Gasteiger partial charge in [0.15, 0.2) is 5.82 Å². The summed E-state index contributed by atoms with van der Waals surface area (Å²) in [6.07, 6.45) is 1.96. The standard InChI is InChI=1S/C21H26N6O2S/c1-15-12-21(26-25-15)24-20-14-18(30(28,29)17-6-4-3-5-7-17)13-19(23-20)22-16-8-10-27(2)11-9-16/h3-7,12-14,16H,8-11H2,1-2H3,(H3,22,23,24,25,26). The van der Waals surface area contributed by atoms with Gasteiger partial charge in [-0.2, -0.15) is 5.10 Å². The molecule has 158 valence electrons. The van der Waals surface area contributed by atoms with Crippen molar-refractivity contribution in [2.45, 2.75) is 35.6 Å². The molecule has 0 aliphatic carbocycles. The SMILES string of the molecule is Cc1cc(Nc2cc(S(=O)(=O)c3ccccc3)cc(NC3CCN(C)CC3)n2)n[nH]1. The number of hydrogen-bond acceptors (Lipinski definition) is 7. The molecule has 0 unspecified atom stereocenters. The smallest absolute Gasteiger partial charge is 0.206 e. The van der Waals surface area contributed by atoms with Crippen molar-refractivity contribution in [3.8, 4) is 0 Å². The molecule has 4 rings (SSSR count).